The minimum absolute atomic E-state index is 0.0198. The first-order valence-corrected chi connectivity index (χ1v) is 9.30. The van der Waals surface area contributed by atoms with Crippen molar-refractivity contribution in [2.75, 3.05) is 6.54 Å². The van der Waals surface area contributed by atoms with E-state index in [-0.39, 0.29) is 29.6 Å². The van der Waals surface area contributed by atoms with E-state index < -0.39 is 17.9 Å². The summed E-state index contributed by atoms with van der Waals surface area (Å²) in [6.07, 6.45) is 6.05. The maximum atomic E-state index is 12.6. The minimum atomic E-state index is -0.606. The molecule has 2 aromatic rings. The number of ether oxygens (including phenoxy) is 1. The lowest BCUT2D eigenvalue weighted by Gasteiger charge is -2.25. The van der Waals surface area contributed by atoms with Crippen LogP contribution >= 0.6 is 0 Å². The number of aromatic nitrogens is 2. The molecule has 1 aliphatic carbocycles. The number of likely N-dealkylation sites (tertiary alicyclic amines) is 1. The van der Waals surface area contributed by atoms with E-state index in [0.29, 0.717) is 17.9 Å². The molecule has 2 fully saturated rings. The van der Waals surface area contributed by atoms with E-state index in [4.69, 9.17) is 10.5 Å². The van der Waals surface area contributed by atoms with Gasteiger partial charge in [-0.1, -0.05) is 6.92 Å². The Morgan fingerprint density at radius 1 is 1.24 bits per heavy atom. The van der Waals surface area contributed by atoms with E-state index in [9.17, 15) is 14.4 Å². The Hall–Kier alpha value is -3.49. The Morgan fingerprint density at radius 2 is 2.03 bits per heavy atom. The molecule has 2 aromatic heterocycles. The lowest BCUT2D eigenvalue weighted by molar-refractivity contribution is -0.137. The van der Waals surface area contributed by atoms with Crippen molar-refractivity contribution in [1.82, 2.24) is 20.2 Å². The second-order valence-corrected chi connectivity index (χ2v) is 7.65. The zero-order valence-corrected chi connectivity index (χ0v) is 15.9. The molecule has 1 saturated heterocycles. The number of piperidine rings is 1. The summed E-state index contributed by atoms with van der Waals surface area (Å²) >= 11 is 0. The summed E-state index contributed by atoms with van der Waals surface area (Å²) in [6.45, 7) is 1.82. The number of amides is 3. The molecule has 1 saturated carbocycles. The van der Waals surface area contributed by atoms with Crippen LogP contribution in [0, 0.1) is 5.41 Å². The van der Waals surface area contributed by atoms with Gasteiger partial charge in [0, 0.05) is 12.2 Å². The molecule has 4 rings (SSSR count). The van der Waals surface area contributed by atoms with E-state index in [0.717, 1.165) is 6.42 Å². The average molecular weight is 395 g/mol. The van der Waals surface area contributed by atoms with Crippen molar-refractivity contribution in [3.63, 3.8) is 0 Å². The van der Waals surface area contributed by atoms with Crippen molar-refractivity contribution in [2.45, 2.75) is 31.8 Å². The highest BCUT2D eigenvalue weighted by Crippen LogP contribution is 2.58. The molecule has 3 amide bonds. The summed E-state index contributed by atoms with van der Waals surface area (Å²) in [5.41, 5.74) is 5.55. The maximum Gasteiger partial charge on any atom is 0.270 e. The summed E-state index contributed by atoms with van der Waals surface area (Å²) in [7, 11) is 0. The highest BCUT2D eigenvalue weighted by Gasteiger charge is 2.63. The molecule has 0 radical (unpaired) electrons. The van der Waals surface area contributed by atoms with Gasteiger partial charge >= 0.3 is 0 Å². The van der Waals surface area contributed by atoms with Crippen LogP contribution in [-0.4, -0.2) is 51.2 Å². The van der Waals surface area contributed by atoms with E-state index >= 15 is 0 Å². The Bertz CT molecular complexity index is 949. The highest BCUT2D eigenvalue weighted by atomic mass is 16.5. The zero-order chi connectivity index (χ0) is 20.6. The summed E-state index contributed by atoms with van der Waals surface area (Å²) in [4.78, 5) is 46.1. The van der Waals surface area contributed by atoms with Crippen molar-refractivity contribution >= 4 is 17.7 Å². The topological polar surface area (TPSA) is 128 Å². The largest absolute Gasteiger partial charge is 0.454 e. The molecule has 1 aliphatic heterocycles. The van der Waals surface area contributed by atoms with Gasteiger partial charge in [0.25, 0.3) is 5.91 Å². The van der Waals surface area contributed by atoms with Gasteiger partial charge in [0.05, 0.1) is 18.9 Å². The molecular weight excluding hydrogens is 374 g/mol. The van der Waals surface area contributed by atoms with Crippen LogP contribution in [0.4, 0.5) is 0 Å². The third kappa shape index (κ3) is 3.75. The van der Waals surface area contributed by atoms with Gasteiger partial charge in [-0.2, -0.15) is 0 Å². The minimum Gasteiger partial charge on any atom is -0.454 e. The molecular formula is C20H21N5O4. The maximum absolute atomic E-state index is 12.6. The van der Waals surface area contributed by atoms with Crippen molar-refractivity contribution < 1.29 is 19.1 Å². The molecule has 3 heterocycles. The van der Waals surface area contributed by atoms with Crippen molar-refractivity contribution in [1.29, 1.82) is 0 Å². The fourth-order valence-corrected chi connectivity index (χ4v) is 3.84. The van der Waals surface area contributed by atoms with Crippen LogP contribution in [0.25, 0.3) is 0 Å². The molecule has 9 nitrogen and oxygen atoms in total. The van der Waals surface area contributed by atoms with Gasteiger partial charge in [-0.3, -0.25) is 19.4 Å². The number of hydrogen-bond acceptors (Lipinski definition) is 6. The number of pyridine rings is 2. The normalized spacial score (nSPS) is 24.5. The standard InChI is InChI=1S/C20H21N5O4/c1-20-7-15(18(21)27)25(16(20)8-20)17(26)11-24-19(28)14-5-4-13(10-23-14)29-12-3-2-6-22-9-12/h2-6,9-10,15-16H,7-8,11H2,1H3,(H2,21,27)(H,24,28). The summed E-state index contributed by atoms with van der Waals surface area (Å²) in [6, 6.07) is 6.02. The molecule has 0 bridgehead atoms. The summed E-state index contributed by atoms with van der Waals surface area (Å²) in [5.74, 6) is -0.299. The monoisotopic (exact) mass is 395 g/mol. The fraction of sp³-hybridized carbons (Fsp3) is 0.350. The van der Waals surface area contributed by atoms with E-state index in [2.05, 4.69) is 15.3 Å². The van der Waals surface area contributed by atoms with Crippen LogP contribution in [0.1, 0.15) is 30.3 Å². The fourth-order valence-electron chi connectivity index (χ4n) is 3.84. The summed E-state index contributed by atoms with van der Waals surface area (Å²) in [5, 5.41) is 2.56. The van der Waals surface area contributed by atoms with Gasteiger partial charge in [0.2, 0.25) is 11.8 Å². The van der Waals surface area contributed by atoms with Crippen molar-refractivity contribution in [3.05, 3.63) is 48.5 Å². The second-order valence-electron chi connectivity index (χ2n) is 7.65. The Kier molecular flexibility index (Phi) is 4.65. The van der Waals surface area contributed by atoms with Gasteiger partial charge in [0.15, 0.2) is 0 Å². The van der Waals surface area contributed by atoms with Crippen LogP contribution in [0.3, 0.4) is 0 Å². The van der Waals surface area contributed by atoms with Crippen LogP contribution in [0.2, 0.25) is 0 Å². The number of nitrogens with zero attached hydrogens (tertiary/aromatic N) is 3. The van der Waals surface area contributed by atoms with E-state index in [1.807, 2.05) is 6.92 Å². The molecule has 3 atom stereocenters. The third-order valence-corrected chi connectivity index (χ3v) is 5.49. The van der Waals surface area contributed by atoms with Gasteiger partial charge < -0.3 is 20.7 Å². The molecule has 9 heteroatoms. The third-order valence-electron chi connectivity index (χ3n) is 5.49. The quantitative estimate of drug-likeness (QED) is 0.747. The molecule has 3 unspecified atom stereocenters. The van der Waals surface area contributed by atoms with Gasteiger partial charge in [-0.15, -0.1) is 0 Å². The zero-order valence-electron chi connectivity index (χ0n) is 15.9. The van der Waals surface area contributed by atoms with Gasteiger partial charge in [-0.05, 0) is 42.5 Å². The average Bonchev–Trinajstić information content (AvgIpc) is 3.27. The second kappa shape index (κ2) is 7.16. The Morgan fingerprint density at radius 3 is 2.69 bits per heavy atom. The number of nitrogens with one attached hydrogen (secondary N) is 1. The van der Waals surface area contributed by atoms with Crippen LogP contribution in [0.15, 0.2) is 42.9 Å². The molecule has 0 aromatic carbocycles. The molecule has 150 valence electrons. The Labute approximate surface area is 167 Å². The highest BCUT2D eigenvalue weighted by molar-refractivity contribution is 5.96. The summed E-state index contributed by atoms with van der Waals surface area (Å²) < 4.78 is 5.58. The first-order valence-electron chi connectivity index (χ1n) is 9.30. The predicted octanol–water partition coefficient (Wildman–Crippen LogP) is 0.863. The molecule has 0 spiro atoms. The number of rotatable bonds is 6. The molecule has 29 heavy (non-hydrogen) atoms. The molecule has 2 aliphatic rings. The SMILES string of the molecule is CC12CC(C(N)=O)N(C(=O)CNC(=O)c3ccc(Oc4cccnc4)cn3)C1C2. The lowest BCUT2D eigenvalue weighted by atomic mass is 10.0. The van der Waals surface area contributed by atoms with E-state index in [1.54, 1.807) is 30.6 Å². The first kappa shape index (κ1) is 18.9. The Balaban J connectivity index is 1.34. The number of carbonyl (C=O) groups is 3. The van der Waals surface area contributed by atoms with Crippen LogP contribution in [-0.2, 0) is 9.59 Å². The van der Waals surface area contributed by atoms with Gasteiger partial charge in [-0.25, -0.2) is 4.98 Å². The number of primary amides is 1. The van der Waals surface area contributed by atoms with E-state index in [1.165, 1.54) is 17.2 Å². The predicted molar refractivity (Wildman–Crippen MR) is 102 cm³/mol. The number of fused-ring (bicyclic) bond motifs is 1. The number of hydrogen-bond donors (Lipinski definition) is 2. The number of carbonyl (C=O) groups excluding carboxylic acids is 3. The number of nitrogens with two attached hydrogens (primary N) is 1. The van der Waals surface area contributed by atoms with Gasteiger partial charge in [0.1, 0.15) is 23.2 Å². The smallest absolute Gasteiger partial charge is 0.270 e. The van der Waals surface area contributed by atoms with Crippen molar-refractivity contribution in [3.8, 4) is 11.5 Å². The molecule has 3 N–H and O–H groups in total. The first-order chi connectivity index (χ1) is 13.9. The van der Waals surface area contributed by atoms with Crippen LogP contribution < -0.4 is 15.8 Å². The van der Waals surface area contributed by atoms with Crippen molar-refractivity contribution in [2.24, 2.45) is 11.1 Å². The van der Waals surface area contributed by atoms with Crippen LogP contribution in [0.5, 0.6) is 11.5 Å². The lowest BCUT2D eigenvalue weighted by Crippen LogP contribution is -2.49.